The smallest absolute Gasteiger partial charge is 0.0793 e. The lowest BCUT2D eigenvalue weighted by molar-refractivity contribution is 0.145. The van der Waals surface area contributed by atoms with Crippen LogP contribution in [-0.4, -0.2) is 5.11 Å². The highest BCUT2D eigenvalue weighted by atomic mass is 127. The van der Waals surface area contributed by atoms with Crippen LogP contribution in [0, 0.1) is 9.49 Å². The van der Waals surface area contributed by atoms with E-state index in [1.807, 2.05) is 18.2 Å². The summed E-state index contributed by atoms with van der Waals surface area (Å²) in [5, 5.41) is 10.8. The molecule has 0 spiro atoms. The van der Waals surface area contributed by atoms with Crippen LogP contribution >= 0.6 is 34.2 Å². The second kappa shape index (κ2) is 6.82. The van der Waals surface area contributed by atoms with E-state index >= 15 is 0 Å². The summed E-state index contributed by atoms with van der Waals surface area (Å²) in [6.07, 6.45) is 2.75. The highest BCUT2D eigenvalue weighted by Gasteiger charge is 2.12. The average molecular weight is 353 g/mol. The zero-order valence-corrected chi connectivity index (χ0v) is 12.6. The second-order valence-corrected chi connectivity index (χ2v) is 5.89. The molecule has 0 bridgehead atoms. The summed E-state index contributed by atoms with van der Waals surface area (Å²) in [5.41, 5.74) is 0.924. The number of halogens is 2. The van der Waals surface area contributed by atoms with E-state index in [1.165, 1.54) is 6.42 Å². The maximum Gasteiger partial charge on any atom is 0.0793 e. The molecule has 1 aromatic carbocycles. The highest BCUT2D eigenvalue weighted by molar-refractivity contribution is 14.1. The summed E-state index contributed by atoms with van der Waals surface area (Å²) in [6, 6.07) is 5.77. The highest BCUT2D eigenvalue weighted by Crippen LogP contribution is 2.27. The Labute approximate surface area is 116 Å². The van der Waals surface area contributed by atoms with E-state index < -0.39 is 6.10 Å². The van der Waals surface area contributed by atoms with Gasteiger partial charge >= 0.3 is 0 Å². The summed E-state index contributed by atoms with van der Waals surface area (Å²) in [4.78, 5) is 0. The fraction of sp³-hybridized carbons (Fsp3) is 0.538. The average Bonchev–Trinajstić information content (AvgIpc) is 2.22. The molecule has 0 aromatic heterocycles. The summed E-state index contributed by atoms with van der Waals surface area (Å²) in [7, 11) is 0. The summed E-state index contributed by atoms with van der Waals surface area (Å²) >= 11 is 8.23. The molecule has 2 atom stereocenters. The quantitative estimate of drug-likeness (QED) is 0.754. The summed E-state index contributed by atoms with van der Waals surface area (Å²) in [5.74, 6) is 0.554. The van der Waals surface area contributed by atoms with Crippen molar-refractivity contribution in [2.75, 3.05) is 0 Å². The topological polar surface area (TPSA) is 20.2 Å². The van der Waals surface area contributed by atoms with Crippen LogP contribution in [0.1, 0.15) is 44.8 Å². The summed E-state index contributed by atoms with van der Waals surface area (Å²) < 4.78 is 1.02. The van der Waals surface area contributed by atoms with Crippen LogP contribution in [0.4, 0.5) is 0 Å². The van der Waals surface area contributed by atoms with Gasteiger partial charge in [0, 0.05) is 3.57 Å². The van der Waals surface area contributed by atoms with Gasteiger partial charge in [-0.2, -0.15) is 0 Å². The minimum absolute atomic E-state index is 0.393. The fourth-order valence-electron chi connectivity index (χ4n) is 1.85. The maximum atomic E-state index is 10.1. The van der Waals surface area contributed by atoms with E-state index in [2.05, 4.69) is 36.4 Å². The van der Waals surface area contributed by atoms with Crippen molar-refractivity contribution < 1.29 is 5.11 Å². The van der Waals surface area contributed by atoms with Crippen molar-refractivity contribution >= 4 is 34.2 Å². The normalized spacial score (nSPS) is 14.8. The zero-order valence-electron chi connectivity index (χ0n) is 9.71. The van der Waals surface area contributed by atoms with Crippen molar-refractivity contribution in [3.8, 4) is 0 Å². The third-order valence-corrected chi connectivity index (χ3v) is 4.31. The van der Waals surface area contributed by atoms with Crippen LogP contribution in [0.5, 0.6) is 0 Å². The Hall–Kier alpha value is 0.200. The van der Waals surface area contributed by atoms with E-state index in [9.17, 15) is 5.11 Å². The largest absolute Gasteiger partial charge is 0.388 e. The lowest BCUT2D eigenvalue weighted by Crippen LogP contribution is -2.04. The number of rotatable bonds is 5. The van der Waals surface area contributed by atoms with Crippen molar-refractivity contribution in [1.82, 2.24) is 0 Å². The molecule has 1 nitrogen and oxygen atoms in total. The Morgan fingerprint density at radius 2 is 2.12 bits per heavy atom. The predicted octanol–water partition coefficient (Wildman–Crippen LogP) is 4.80. The molecule has 16 heavy (non-hydrogen) atoms. The Morgan fingerprint density at radius 1 is 1.44 bits per heavy atom. The van der Waals surface area contributed by atoms with Crippen LogP contribution in [0.3, 0.4) is 0 Å². The standard InChI is InChI=1S/C13H18ClIO/c1-3-4-9(2)7-13(16)10-5-6-12(15)11(14)8-10/h5-6,8-9,13,16H,3-4,7H2,1-2H3. The Kier molecular flexibility index (Phi) is 6.08. The number of hydrogen-bond donors (Lipinski definition) is 1. The first-order valence-electron chi connectivity index (χ1n) is 5.67. The zero-order chi connectivity index (χ0) is 12.1. The van der Waals surface area contributed by atoms with Gasteiger partial charge in [0.05, 0.1) is 11.1 Å². The van der Waals surface area contributed by atoms with Crippen molar-refractivity contribution in [1.29, 1.82) is 0 Å². The van der Waals surface area contributed by atoms with Crippen molar-refractivity contribution in [2.24, 2.45) is 5.92 Å². The van der Waals surface area contributed by atoms with Gasteiger partial charge in [-0.15, -0.1) is 0 Å². The molecule has 0 saturated carbocycles. The Balaban J connectivity index is 2.65. The molecule has 1 rings (SSSR count). The maximum absolute atomic E-state index is 10.1. The van der Waals surface area contributed by atoms with Gasteiger partial charge in [0.2, 0.25) is 0 Å². The molecule has 90 valence electrons. The molecule has 0 saturated heterocycles. The van der Waals surface area contributed by atoms with Crippen LogP contribution in [0.15, 0.2) is 18.2 Å². The Morgan fingerprint density at radius 3 is 2.69 bits per heavy atom. The SMILES string of the molecule is CCCC(C)CC(O)c1ccc(I)c(Cl)c1. The monoisotopic (exact) mass is 352 g/mol. The van der Waals surface area contributed by atoms with Crippen LogP contribution in [-0.2, 0) is 0 Å². The number of aliphatic hydroxyl groups is 1. The molecule has 0 amide bonds. The molecule has 0 fully saturated rings. The third-order valence-electron chi connectivity index (χ3n) is 2.74. The molecule has 1 N–H and O–H groups in total. The first-order chi connectivity index (χ1) is 7.54. The van der Waals surface area contributed by atoms with Gasteiger partial charge in [-0.05, 0) is 52.6 Å². The van der Waals surface area contributed by atoms with Gasteiger partial charge in [0.15, 0.2) is 0 Å². The van der Waals surface area contributed by atoms with Gasteiger partial charge in [-0.25, -0.2) is 0 Å². The van der Waals surface area contributed by atoms with Crippen molar-refractivity contribution in [2.45, 2.75) is 39.2 Å². The van der Waals surface area contributed by atoms with E-state index in [4.69, 9.17) is 11.6 Å². The van der Waals surface area contributed by atoms with E-state index in [0.29, 0.717) is 5.92 Å². The molecule has 0 radical (unpaired) electrons. The molecular weight excluding hydrogens is 334 g/mol. The Bertz CT molecular complexity index is 341. The van der Waals surface area contributed by atoms with E-state index in [0.717, 1.165) is 27.0 Å². The lowest BCUT2D eigenvalue weighted by Gasteiger charge is -2.16. The first-order valence-corrected chi connectivity index (χ1v) is 7.13. The predicted molar refractivity (Wildman–Crippen MR) is 77.8 cm³/mol. The van der Waals surface area contributed by atoms with Gasteiger partial charge in [0.25, 0.3) is 0 Å². The van der Waals surface area contributed by atoms with E-state index in [-0.39, 0.29) is 0 Å². The van der Waals surface area contributed by atoms with Crippen LogP contribution < -0.4 is 0 Å². The summed E-state index contributed by atoms with van der Waals surface area (Å²) in [6.45, 7) is 4.35. The van der Waals surface area contributed by atoms with E-state index in [1.54, 1.807) is 0 Å². The first kappa shape index (κ1) is 14.3. The molecule has 3 heteroatoms. The minimum atomic E-state index is -0.393. The molecule has 0 aliphatic heterocycles. The number of benzene rings is 1. The van der Waals surface area contributed by atoms with Crippen LogP contribution in [0.2, 0.25) is 5.02 Å². The molecular formula is C13H18ClIO. The molecule has 0 heterocycles. The number of hydrogen-bond acceptors (Lipinski definition) is 1. The lowest BCUT2D eigenvalue weighted by atomic mass is 9.95. The van der Waals surface area contributed by atoms with Crippen molar-refractivity contribution in [3.05, 3.63) is 32.4 Å². The third kappa shape index (κ3) is 4.22. The van der Waals surface area contributed by atoms with Crippen molar-refractivity contribution in [3.63, 3.8) is 0 Å². The van der Waals surface area contributed by atoms with Gasteiger partial charge in [-0.1, -0.05) is 44.4 Å². The fourth-order valence-corrected chi connectivity index (χ4v) is 2.37. The van der Waals surface area contributed by atoms with Gasteiger partial charge in [-0.3, -0.25) is 0 Å². The number of aliphatic hydroxyl groups excluding tert-OH is 1. The molecule has 2 unspecified atom stereocenters. The second-order valence-electron chi connectivity index (χ2n) is 4.32. The molecule has 0 aliphatic rings. The van der Waals surface area contributed by atoms with Gasteiger partial charge < -0.3 is 5.11 Å². The van der Waals surface area contributed by atoms with Gasteiger partial charge in [0.1, 0.15) is 0 Å². The molecule has 0 aliphatic carbocycles. The minimum Gasteiger partial charge on any atom is -0.388 e. The van der Waals surface area contributed by atoms with Crippen LogP contribution in [0.25, 0.3) is 0 Å². The molecule has 1 aromatic rings.